The third kappa shape index (κ3) is 7.62. The number of halogens is 1. The fourth-order valence-corrected chi connectivity index (χ4v) is 2.96. The Hall–Kier alpha value is -1.32. The minimum absolute atomic E-state index is 0.340. The number of hydrogen-bond acceptors (Lipinski definition) is 2. The molecule has 1 saturated heterocycles. The molecule has 1 aliphatic heterocycles. The Balaban J connectivity index is 0.000000376. The second-order valence-electron chi connectivity index (χ2n) is 5.90. The molecule has 0 amide bonds. The molecule has 1 N–H and O–H groups in total. The normalized spacial score (nSPS) is 12.7. The monoisotopic (exact) mass is 406 g/mol. The topological polar surface area (TPSA) is 29.5 Å². The van der Waals surface area contributed by atoms with Gasteiger partial charge in [-0.15, -0.1) is 0 Å². The summed E-state index contributed by atoms with van der Waals surface area (Å²) < 4.78 is 5.91. The minimum Gasteiger partial charge on any atom is -0.508 e. The van der Waals surface area contributed by atoms with Crippen molar-refractivity contribution in [3.8, 4) is 5.75 Å². The molecule has 2 aromatic carbocycles. The van der Waals surface area contributed by atoms with E-state index < -0.39 is 0 Å². The van der Waals surface area contributed by atoms with Gasteiger partial charge in [0.15, 0.2) is 0 Å². The first kappa shape index (κ1) is 21.7. The van der Waals surface area contributed by atoms with E-state index >= 15 is 0 Å². The molecular formula is C22H31BrO2. The quantitative estimate of drug-likeness (QED) is 0.635. The molecule has 3 heteroatoms. The van der Waals surface area contributed by atoms with Gasteiger partial charge in [0, 0.05) is 17.7 Å². The fraction of sp³-hybridized carbons (Fsp3) is 0.455. The van der Waals surface area contributed by atoms with E-state index in [0.29, 0.717) is 5.75 Å². The van der Waals surface area contributed by atoms with Gasteiger partial charge in [-0.1, -0.05) is 67.0 Å². The zero-order chi connectivity index (χ0) is 18.7. The second-order valence-corrected chi connectivity index (χ2v) is 6.75. The highest BCUT2D eigenvalue weighted by Crippen LogP contribution is 2.27. The van der Waals surface area contributed by atoms with Gasteiger partial charge in [-0.25, -0.2) is 0 Å². The number of aryl methyl sites for hydroxylation is 2. The lowest BCUT2D eigenvalue weighted by atomic mass is 10.0. The SMILES string of the molecule is C1CCOC1.CC.CCc1ccc(Cc2cc(C)c(O)cc2Br)cc1. The van der Waals surface area contributed by atoms with Gasteiger partial charge < -0.3 is 9.84 Å². The van der Waals surface area contributed by atoms with E-state index in [4.69, 9.17) is 4.74 Å². The summed E-state index contributed by atoms with van der Waals surface area (Å²) in [4.78, 5) is 0. The van der Waals surface area contributed by atoms with Crippen LogP contribution in [0.5, 0.6) is 5.75 Å². The van der Waals surface area contributed by atoms with Gasteiger partial charge in [-0.3, -0.25) is 0 Å². The van der Waals surface area contributed by atoms with Crippen molar-refractivity contribution in [2.75, 3.05) is 13.2 Å². The van der Waals surface area contributed by atoms with E-state index in [2.05, 4.69) is 47.1 Å². The first-order valence-electron chi connectivity index (χ1n) is 9.23. The van der Waals surface area contributed by atoms with Gasteiger partial charge in [0.05, 0.1) is 0 Å². The summed E-state index contributed by atoms with van der Waals surface area (Å²) in [5, 5.41) is 9.63. The maximum atomic E-state index is 9.63. The van der Waals surface area contributed by atoms with Crippen LogP contribution in [0.3, 0.4) is 0 Å². The van der Waals surface area contributed by atoms with Crippen molar-refractivity contribution in [2.45, 2.75) is 53.4 Å². The number of rotatable bonds is 3. The zero-order valence-electron chi connectivity index (χ0n) is 15.9. The molecule has 2 nitrogen and oxygen atoms in total. The van der Waals surface area contributed by atoms with Crippen LogP contribution in [0.4, 0.5) is 0 Å². The Labute approximate surface area is 161 Å². The van der Waals surface area contributed by atoms with Gasteiger partial charge in [-0.05, 0) is 60.9 Å². The molecule has 0 radical (unpaired) electrons. The van der Waals surface area contributed by atoms with Crippen molar-refractivity contribution in [1.29, 1.82) is 0 Å². The summed E-state index contributed by atoms with van der Waals surface area (Å²) >= 11 is 3.51. The summed E-state index contributed by atoms with van der Waals surface area (Å²) in [7, 11) is 0. The van der Waals surface area contributed by atoms with Gasteiger partial charge >= 0.3 is 0 Å². The minimum atomic E-state index is 0.340. The molecule has 2 aromatic rings. The molecule has 0 aliphatic carbocycles. The summed E-state index contributed by atoms with van der Waals surface area (Å²) in [6.45, 7) is 10.1. The van der Waals surface area contributed by atoms with Crippen molar-refractivity contribution >= 4 is 15.9 Å². The van der Waals surface area contributed by atoms with Gasteiger partial charge in [0.2, 0.25) is 0 Å². The van der Waals surface area contributed by atoms with E-state index in [1.165, 1.54) is 29.5 Å². The zero-order valence-corrected chi connectivity index (χ0v) is 17.5. The number of phenolic OH excluding ortho intramolecular Hbond substituents is 1. The number of benzene rings is 2. The van der Waals surface area contributed by atoms with Gasteiger partial charge in [0.25, 0.3) is 0 Å². The Morgan fingerprint density at radius 2 is 1.56 bits per heavy atom. The average molecular weight is 407 g/mol. The third-order valence-electron chi connectivity index (χ3n) is 4.02. The lowest BCUT2D eigenvalue weighted by molar-refractivity contribution is 0.198. The highest BCUT2D eigenvalue weighted by atomic mass is 79.9. The first-order valence-corrected chi connectivity index (χ1v) is 10.0. The number of hydrogen-bond donors (Lipinski definition) is 1. The molecule has 3 rings (SSSR count). The van der Waals surface area contributed by atoms with Crippen LogP contribution in [-0.4, -0.2) is 18.3 Å². The Kier molecular flexibility index (Phi) is 10.5. The van der Waals surface area contributed by atoms with E-state index in [1.54, 1.807) is 6.07 Å². The summed E-state index contributed by atoms with van der Waals surface area (Å²) in [5.74, 6) is 0.340. The standard InChI is InChI=1S/C16H17BrO.C4H8O.C2H6/c1-3-12-4-6-13(7-5-12)9-14-8-11(2)16(18)10-15(14)17;1-2-4-5-3-1;1-2/h4-8,10,18H,3,9H2,1-2H3;1-4H2;1-2H3. The Morgan fingerprint density at radius 1 is 1.00 bits per heavy atom. The molecule has 25 heavy (non-hydrogen) atoms. The van der Waals surface area contributed by atoms with Crippen LogP contribution in [0.1, 0.15) is 55.9 Å². The Morgan fingerprint density at radius 3 is 2.04 bits per heavy atom. The van der Waals surface area contributed by atoms with Crippen LogP contribution < -0.4 is 0 Å². The maximum absolute atomic E-state index is 9.63. The lowest BCUT2D eigenvalue weighted by Crippen LogP contribution is -1.92. The third-order valence-corrected chi connectivity index (χ3v) is 4.76. The van der Waals surface area contributed by atoms with Crippen LogP contribution >= 0.6 is 15.9 Å². The number of phenols is 1. The van der Waals surface area contributed by atoms with E-state index in [9.17, 15) is 5.11 Å². The fourth-order valence-electron chi connectivity index (χ4n) is 2.49. The van der Waals surface area contributed by atoms with Crippen LogP contribution in [0.15, 0.2) is 40.9 Å². The summed E-state index contributed by atoms with van der Waals surface area (Å²) in [6.07, 6.45) is 4.51. The molecule has 1 aliphatic rings. The van der Waals surface area contributed by atoms with Crippen molar-refractivity contribution in [1.82, 2.24) is 0 Å². The van der Waals surface area contributed by atoms with Crippen molar-refractivity contribution < 1.29 is 9.84 Å². The molecular weight excluding hydrogens is 376 g/mol. The predicted octanol–water partition coefficient (Wildman–Crippen LogP) is 6.44. The van der Waals surface area contributed by atoms with Gasteiger partial charge in [-0.2, -0.15) is 0 Å². The van der Waals surface area contributed by atoms with Crippen molar-refractivity contribution in [3.63, 3.8) is 0 Å². The molecule has 0 bridgehead atoms. The predicted molar refractivity (Wildman–Crippen MR) is 111 cm³/mol. The largest absolute Gasteiger partial charge is 0.508 e. The molecule has 1 heterocycles. The highest BCUT2D eigenvalue weighted by Gasteiger charge is 2.05. The highest BCUT2D eigenvalue weighted by molar-refractivity contribution is 9.10. The van der Waals surface area contributed by atoms with E-state index in [1.807, 2.05) is 26.8 Å². The molecule has 0 unspecified atom stereocenters. The van der Waals surface area contributed by atoms with E-state index in [-0.39, 0.29) is 0 Å². The van der Waals surface area contributed by atoms with Crippen molar-refractivity contribution in [3.05, 3.63) is 63.1 Å². The first-order chi connectivity index (χ1) is 12.1. The second kappa shape index (κ2) is 12.1. The summed E-state index contributed by atoms with van der Waals surface area (Å²) in [5.41, 5.74) is 4.77. The molecule has 0 spiro atoms. The molecule has 1 fully saturated rings. The van der Waals surface area contributed by atoms with Gasteiger partial charge in [0.1, 0.15) is 5.75 Å². The number of aromatic hydroxyl groups is 1. The average Bonchev–Trinajstić information content (AvgIpc) is 3.22. The van der Waals surface area contributed by atoms with Crippen LogP contribution in [0.2, 0.25) is 0 Å². The molecule has 0 saturated carbocycles. The van der Waals surface area contributed by atoms with Crippen molar-refractivity contribution in [2.24, 2.45) is 0 Å². The van der Waals surface area contributed by atoms with Crippen LogP contribution in [0.25, 0.3) is 0 Å². The maximum Gasteiger partial charge on any atom is 0.119 e. The van der Waals surface area contributed by atoms with Crippen LogP contribution in [-0.2, 0) is 17.6 Å². The lowest BCUT2D eigenvalue weighted by Gasteiger charge is -2.08. The Bertz CT molecular complexity index is 609. The smallest absolute Gasteiger partial charge is 0.119 e. The molecule has 0 atom stereocenters. The van der Waals surface area contributed by atoms with Crippen LogP contribution in [0, 0.1) is 6.92 Å². The number of ether oxygens (including phenoxy) is 1. The molecule has 138 valence electrons. The van der Waals surface area contributed by atoms with E-state index in [0.717, 1.165) is 36.1 Å². The summed E-state index contributed by atoms with van der Waals surface area (Å²) in [6, 6.07) is 12.5. The molecule has 0 aromatic heterocycles.